The molecule has 15 heteroatoms. The molecule has 4 N–H and O–H groups in total. The second-order valence-corrected chi connectivity index (χ2v) is 8.56. The van der Waals surface area contributed by atoms with Crippen molar-refractivity contribution in [2.24, 2.45) is 0 Å². The molecule has 14 nitrogen and oxygen atoms in total. The number of likely N-dealkylation sites (N-methyl/N-ethyl adjacent to an activating group) is 1. The van der Waals surface area contributed by atoms with Gasteiger partial charge in [-0.05, 0) is 24.6 Å². The number of imide groups is 1. The van der Waals surface area contributed by atoms with E-state index in [1.807, 2.05) is 0 Å². The molecule has 2 fully saturated rings. The van der Waals surface area contributed by atoms with Crippen LogP contribution in [0.15, 0.2) is 24.3 Å². The number of nitrogens with one attached hydrogen (secondary N) is 2. The monoisotopic (exact) mass is 483 g/mol. The molecule has 0 saturated carbocycles. The van der Waals surface area contributed by atoms with E-state index in [-0.39, 0.29) is 35.3 Å². The number of rotatable bonds is 6. The second kappa shape index (κ2) is 9.03. The van der Waals surface area contributed by atoms with Gasteiger partial charge in [0.2, 0.25) is 5.91 Å². The standard InChI is InChI=1S/C18H21N5O9S/c1-2-21-7-8-22(17(28)16(21)27)18(29)20-13(10-3-5-11(24)6-4-10)14(25)19-12-9-23(15(12)26)33(30,31)32/h3-6,12-13,24H,2,7-9H2,1H3,(H,19,25)(H,20,29)(H,30,31,32). The maximum atomic E-state index is 12.8. The number of benzene rings is 1. The lowest BCUT2D eigenvalue weighted by Crippen LogP contribution is -2.66. The van der Waals surface area contributed by atoms with Crippen molar-refractivity contribution in [2.75, 3.05) is 26.2 Å². The summed E-state index contributed by atoms with van der Waals surface area (Å²) in [6.07, 6.45) is 0. The summed E-state index contributed by atoms with van der Waals surface area (Å²) in [6, 6.07) is 1.35. The van der Waals surface area contributed by atoms with Crippen LogP contribution in [0.1, 0.15) is 18.5 Å². The van der Waals surface area contributed by atoms with Crippen molar-refractivity contribution in [2.45, 2.75) is 19.0 Å². The van der Waals surface area contributed by atoms with E-state index < -0.39 is 58.6 Å². The van der Waals surface area contributed by atoms with Crippen LogP contribution < -0.4 is 10.6 Å². The third kappa shape index (κ3) is 4.88. The van der Waals surface area contributed by atoms with Gasteiger partial charge in [-0.25, -0.2) is 9.10 Å². The zero-order valence-corrected chi connectivity index (χ0v) is 18.1. The first-order valence-corrected chi connectivity index (χ1v) is 11.1. The van der Waals surface area contributed by atoms with E-state index in [4.69, 9.17) is 4.55 Å². The van der Waals surface area contributed by atoms with Gasteiger partial charge >= 0.3 is 28.1 Å². The molecular formula is C18H21N5O9S. The number of nitrogens with zero attached hydrogens (tertiary/aromatic N) is 3. The highest BCUT2D eigenvalue weighted by atomic mass is 32.2. The fraction of sp³-hybridized carbons (Fsp3) is 0.389. The molecule has 2 atom stereocenters. The summed E-state index contributed by atoms with van der Waals surface area (Å²) in [5.41, 5.74) is 0.169. The second-order valence-electron chi connectivity index (χ2n) is 7.22. The first-order valence-electron chi connectivity index (χ1n) is 9.73. The van der Waals surface area contributed by atoms with Crippen LogP contribution in [0.2, 0.25) is 0 Å². The van der Waals surface area contributed by atoms with Crippen LogP contribution >= 0.6 is 0 Å². The largest absolute Gasteiger partial charge is 0.508 e. The van der Waals surface area contributed by atoms with Gasteiger partial charge in [-0.15, -0.1) is 0 Å². The minimum atomic E-state index is -4.76. The van der Waals surface area contributed by atoms with E-state index in [2.05, 4.69) is 10.6 Å². The van der Waals surface area contributed by atoms with E-state index in [0.29, 0.717) is 4.90 Å². The number of hydrogen-bond acceptors (Lipinski definition) is 8. The minimum Gasteiger partial charge on any atom is -0.508 e. The van der Waals surface area contributed by atoms with Gasteiger partial charge < -0.3 is 20.6 Å². The Balaban J connectivity index is 1.76. The maximum Gasteiger partial charge on any atom is 0.362 e. The average Bonchev–Trinajstić information content (AvgIpc) is 2.75. The Hall–Kier alpha value is -3.72. The van der Waals surface area contributed by atoms with E-state index in [9.17, 15) is 37.5 Å². The van der Waals surface area contributed by atoms with Gasteiger partial charge in [0.25, 0.3) is 5.91 Å². The number of β-lactam (4-membered cyclic amide) rings is 1. The fourth-order valence-corrected chi connectivity index (χ4v) is 4.00. The van der Waals surface area contributed by atoms with Crippen molar-refractivity contribution in [3.05, 3.63) is 29.8 Å². The quantitative estimate of drug-likeness (QED) is 0.200. The number of phenolic OH excluding ortho intramolecular Hbond substituents is 1. The van der Waals surface area contributed by atoms with Crippen LogP contribution in [-0.4, -0.2) is 94.1 Å². The Morgan fingerprint density at radius 3 is 2.30 bits per heavy atom. The van der Waals surface area contributed by atoms with Crippen molar-refractivity contribution in [3.63, 3.8) is 0 Å². The summed E-state index contributed by atoms with van der Waals surface area (Å²) < 4.78 is 31.2. The summed E-state index contributed by atoms with van der Waals surface area (Å²) >= 11 is 0. The lowest BCUT2D eigenvalue weighted by molar-refractivity contribution is -0.153. The molecule has 2 aliphatic rings. The van der Waals surface area contributed by atoms with E-state index in [1.165, 1.54) is 29.2 Å². The molecule has 0 aromatic heterocycles. The summed E-state index contributed by atoms with van der Waals surface area (Å²) in [5.74, 6) is -4.05. The first kappa shape index (κ1) is 23.9. The van der Waals surface area contributed by atoms with Gasteiger partial charge in [0, 0.05) is 19.6 Å². The number of amides is 6. The van der Waals surface area contributed by atoms with E-state index in [0.717, 1.165) is 0 Å². The van der Waals surface area contributed by atoms with Crippen molar-refractivity contribution in [1.82, 2.24) is 24.7 Å². The van der Waals surface area contributed by atoms with Crippen LogP contribution in [0.4, 0.5) is 4.79 Å². The molecule has 0 bridgehead atoms. The van der Waals surface area contributed by atoms with Crippen molar-refractivity contribution in [1.29, 1.82) is 0 Å². The lowest BCUT2D eigenvalue weighted by Gasteiger charge is -2.36. The number of hydrogen-bond donors (Lipinski definition) is 4. The minimum absolute atomic E-state index is 0.0986. The Morgan fingerprint density at radius 1 is 1.12 bits per heavy atom. The Morgan fingerprint density at radius 2 is 1.76 bits per heavy atom. The van der Waals surface area contributed by atoms with Crippen molar-refractivity contribution >= 4 is 40.0 Å². The normalized spacial score (nSPS) is 19.8. The number of piperazine rings is 1. The van der Waals surface area contributed by atoms with Crippen LogP contribution in [0.3, 0.4) is 0 Å². The summed E-state index contributed by atoms with van der Waals surface area (Å²) in [7, 11) is -4.76. The summed E-state index contributed by atoms with van der Waals surface area (Å²) in [5, 5.41) is 14.1. The maximum absolute atomic E-state index is 12.8. The molecule has 2 heterocycles. The van der Waals surface area contributed by atoms with Gasteiger partial charge in [-0.3, -0.25) is 28.6 Å². The molecule has 1 aromatic carbocycles. The van der Waals surface area contributed by atoms with Gasteiger partial charge in [-0.1, -0.05) is 12.1 Å². The predicted octanol–water partition coefficient (Wildman–Crippen LogP) is -2.04. The first-order chi connectivity index (χ1) is 15.4. The third-order valence-electron chi connectivity index (χ3n) is 5.18. The van der Waals surface area contributed by atoms with Crippen LogP contribution in [0, 0.1) is 0 Å². The molecule has 3 rings (SSSR count). The van der Waals surface area contributed by atoms with Crippen molar-refractivity contribution in [3.8, 4) is 5.75 Å². The highest BCUT2D eigenvalue weighted by molar-refractivity contribution is 7.84. The molecule has 0 spiro atoms. The number of carbonyl (C=O) groups excluding carboxylic acids is 5. The van der Waals surface area contributed by atoms with Crippen LogP contribution in [0.5, 0.6) is 5.75 Å². The molecule has 0 radical (unpaired) electrons. The molecule has 1 aromatic rings. The number of aromatic hydroxyl groups is 1. The number of phenols is 1. The zero-order valence-electron chi connectivity index (χ0n) is 17.3. The van der Waals surface area contributed by atoms with Crippen LogP contribution in [0.25, 0.3) is 0 Å². The fourth-order valence-electron chi connectivity index (χ4n) is 3.30. The zero-order chi connectivity index (χ0) is 24.5. The molecular weight excluding hydrogens is 462 g/mol. The SMILES string of the molecule is CCN1CCN(C(=O)NC(C(=O)NC2CN(S(=O)(=O)O)C2=O)c2ccc(O)cc2)C(=O)C1=O. The van der Waals surface area contributed by atoms with Crippen molar-refractivity contribution < 1.29 is 42.0 Å². The Bertz CT molecular complexity index is 1100. The number of carbonyl (C=O) groups is 5. The molecule has 2 aliphatic heterocycles. The predicted molar refractivity (Wildman–Crippen MR) is 109 cm³/mol. The summed E-state index contributed by atoms with van der Waals surface area (Å²) in [6.45, 7) is 1.47. The highest BCUT2D eigenvalue weighted by Crippen LogP contribution is 2.20. The summed E-state index contributed by atoms with van der Waals surface area (Å²) in [4.78, 5) is 63.8. The highest BCUT2D eigenvalue weighted by Gasteiger charge is 2.45. The molecule has 0 aliphatic carbocycles. The van der Waals surface area contributed by atoms with Gasteiger partial charge in [0.05, 0.1) is 6.54 Å². The number of urea groups is 1. The van der Waals surface area contributed by atoms with Gasteiger partial charge in [0.1, 0.15) is 17.8 Å². The third-order valence-corrected chi connectivity index (χ3v) is 6.07. The van der Waals surface area contributed by atoms with Crippen LogP contribution in [-0.2, 0) is 29.5 Å². The molecule has 33 heavy (non-hydrogen) atoms. The topological polar surface area (TPSA) is 194 Å². The van der Waals surface area contributed by atoms with E-state index in [1.54, 1.807) is 6.92 Å². The Kier molecular flexibility index (Phi) is 6.55. The van der Waals surface area contributed by atoms with E-state index >= 15 is 0 Å². The average molecular weight is 483 g/mol. The smallest absolute Gasteiger partial charge is 0.362 e. The van der Waals surface area contributed by atoms with Gasteiger partial charge in [0.15, 0.2) is 0 Å². The molecule has 2 saturated heterocycles. The lowest BCUT2D eigenvalue weighted by atomic mass is 10.0. The molecule has 2 unspecified atom stereocenters. The molecule has 178 valence electrons. The molecule has 6 amide bonds. The van der Waals surface area contributed by atoms with Gasteiger partial charge in [-0.2, -0.15) is 8.42 Å². The Labute approximate surface area is 188 Å².